The van der Waals surface area contributed by atoms with E-state index in [0.717, 1.165) is 23.7 Å². The summed E-state index contributed by atoms with van der Waals surface area (Å²) in [6.07, 6.45) is 3.65. The highest BCUT2D eigenvalue weighted by Crippen LogP contribution is 2.25. The van der Waals surface area contributed by atoms with Gasteiger partial charge in [0.25, 0.3) is 5.91 Å². The van der Waals surface area contributed by atoms with E-state index in [1.165, 1.54) is 11.3 Å². The van der Waals surface area contributed by atoms with Gasteiger partial charge in [-0.25, -0.2) is 4.98 Å². The van der Waals surface area contributed by atoms with E-state index in [1.807, 2.05) is 37.4 Å². The Hall–Kier alpha value is -2.59. The Morgan fingerprint density at radius 2 is 2.04 bits per heavy atom. The summed E-state index contributed by atoms with van der Waals surface area (Å²) < 4.78 is 7.00. The number of aromatic nitrogens is 5. The van der Waals surface area contributed by atoms with Crippen molar-refractivity contribution >= 4 is 17.2 Å². The van der Waals surface area contributed by atoms with Crippen molar-refractivity contribution in [2.45, 2.75) is 19.9 Å². The van der Waals surface area contributed by atoms with Crippen LogP contribution in [0.3, 0.4) is 0 Å². The molecule has 0 bridgehead atoms. The Balaban J connectivity index is 1.38. The molecule has 0 N–H and O–H groups in total. The van der Waals surface area contributed by atoms with Gasteiger partial charge in [-0.1, -0.05) is 5.16 Å². The fraction of sp³-hybridized carbons (Fsp3) is 0.471. The Morgan fingerprint density at radius 3 is 2.67 bits per heavy atom. The molecule has 1 unspecified atom stereocenters. The van der Waals surface area contributed by atoms with E-state index >= 15 is 0 Å². The molecule has 4 heterocycles. The van der Waals surface area contributed by atoms with E-state index in [1.54, 1.807) is 10.9 Å². The van der Waals surface area contributed by atoms with Gasteiger partial charge >= 0.3 is 0 Å². The molecule has 0 aliphatic carbocycles. The van der Waals surface area contributed by atoms with Crippen LogP contribution in [0.2, 0.25) is 0 Å². The average molecular weight is 387 g/mol. The van der Waals surface area contributed by atoms with Gasteiger partial charge in [-0.15, -0.1) is 11.3 Å². The zero-order valence-electron chi connectivity index (χ0n) is 15.5. The van der Waals surface area contributed by atoms with Gasteiger partial charge in [-0.05, 0) is 13.8 Å². The van der Waals surface area contributed by atoms with Crippen LogP contribution in [0.4, 0.5) is 0 Å². The van der Waals surface area contributed by atoms with Gasteiger partial charge in [-0.2, -0.15) is 10.1 Å². The predicted octanol–water partition coefficient (Wildman–Crippen LogP) is 1.75. The van der Waals surface area contributed by atoms with Crippen LogP contribution in [0.5, 0.6) is 0 Å². The molecule has 1 amide bonds. The minimum atomic E-state index is -0.0256. The van der Waals surface area contributed by atoms with E-state index in [9.17, 15) is 4.79 Å². The molecule has 27 heavy (non-hydrogen) atoms. The van der Waals surface area contributed by atoms with Crippen molar-refractivity contribution in [3.8, 4) is 10.6 Å². The maximum atomic E-state index is 12.8. The average Bonchev–Trinajstić information content (AvgIpc) is 3.41. The number of hydrogen-bond acceptors (Lipinski definition) is 8. The van der Waals surface area contributed by atoms with Crippen molar-refractivity contribution in [3.63, 3.8) is 0 Å². The number of amides is 1. The summed E-state index contributed by atoms with van der Waals surface area (Å²) in [4.78, 5) is 25.7. The fourth-order valence-electron chi connectivity index (χ4n) is 3.15. The number of piperazine rings is 1. The first-order chi connectivity index (χ1) is 13.0. The van der Waals surface area contributed by atoms with Gasteiger partial charge in [0.15, 0.2) is 5.82 Å². The van der Waals surface area contributed by atoms with Crippen LogP contribution in [-0.2, 0) is 7.05 Å². The number of rotatable bonds is 4. The lowest BCUT2D eigenvalue weighted by Gasteiger charge is -2.36. The standard InChI is InChI=1S/C17H21N7O2S/c1-11(15-19-12(2)21-26-15)23-4-6-24(7-5-23)17(25)14-10-27-16(20-14)13-8-18-22(3)9-13/h8-11H,4-7H2,1-3H3. The number of carbonyl (C=O) groups is 1. The molecule has 4 rings (SSSR count). The summed E-state index contributed by atoms with van der Waals surface area (Å²) in [5.74, 6) is 1.23. The van der Waals surface area contributed by atoms with Gasteiger partial charge in [0.2, 0.25) is 5.89 Å². The molecule has 0 saturated carbocycles. The molecule has 1 atom stereocenters. The molecule has 9 nitrogen and oxygen atoms in total. The van der Waals surface area contributed by atoms with Gasteiger partial charge in [-0.3, -0.25) is 14.4 Å². The van der Waals surface area contributed by atoms with Gasteiger partial charge < -0.3 is 9.42 Å². The molecule has 0 aromatic carbocycles. The lowest BCUT2D eigenvalue weighted by Crippen LogP contribution is -2.49. The third-order valence-electron chi connectivity index (χ3n) is 4.72. The molecule has 10 heteroatoms. The predicted molar refractivity (Wildman–Crippen MR) is 99.2 cm³/mol. The molecule has 1 aliphatic heterocycles. The second-order valence-electron chi connectivity index (χ2n) is 6.62. The fourth-order valence-corrected chi connectivity index (χ4v) is 3.92. The second kappa shape index (κ2) is 7.20. The van der Waals surface area contributed by atoms with Crippen LogP contribution < -0.4 is 0 Å². The first kappa shape index (κ1) is 17.8. The van der Waals surface area contributed by atoms with Crippen molar-refractivity contribution < 1.29 is 9.32 Å². The third-order valence-corrected chi connectivity index (χ3v) is 5.62. The molecule has 3 aromatic heterocycles. The lowest BCUT2D eigenvalue weighted by atomic mass is 10.2. The summed E-state index contributed by atoms with van der Waals surface area (Å²) in [6, 6.07) is 0.0416. The summed E-state index contributed by atoms with van der Waals surface area (Å²) in [6.45, 7) is 6.67. The molecule has 1 aliphatic rings. The SMILES string of the molecule is Cc1noc(C(C)N2CCN(C(=O)c3csc(-c4cnn(C)c4)n3)CC2)n1. The van der Waals surface area contributed by atoms with Crippen LogP contribution >= 0.6 is 11.3 Å². The quantitative estimate of drug-likeness (QED) is 0.673. The molecular weight excluding hydrogens is 366 g/mol. The van der Waals surface area contributed by atoms with Crippen LogP contribution in [0.1, 0.15) is 35.2 Å². The van der Waals surface area contributed by atoms with E-state index in [2.05, 4.69) is 25.1 Å². The minimum Gasteiger partial charge on any atom is -0.338 e. The third kappa shape index (κ3) is 3.62. The van der Waals surface area contributed by atoms with Crippen molar-refractivity contribution in [1.82, 2.24) is 34.7 Å². The van der Waals surface area contributed by atoms with Gasteiger partial charge in [0.1, 0.15) is 10.7 Å². The van der Waals surface area contributed by atoms with Crippen molar-refractivity contribution in [2.75, 3.05) is 26.2 Å². The Bertz CT molecular complexity index is 939. The van der Waals surface area contributed by atoms with Crippen molar-refractivity contribution in [3.05, 3.63) is 35.2 Å². The molecular formula is C17H21N7O2S. The second-order valence-corrected chi connectivity index (χ2v) is 7.48. The summed E-state index contributed by atoms with van der Waals surface area (Å²) in [5, 5.41) is 10.6. The Kier molecular flexibility index (Phi) is 4.75. The van der Waals surface area contributed by atoms with Crippen LogP contribution in [-0.4, -0.2) is 66.8 Å². The molecule has 0 radical (unpaired) electrons. The van der Waals surface area contributed by atoms with Crippen LogP contribution in [0.15, 0.2) is 22.3 Å². The number of aryl methyl sites for hydroxylation is 2. The van der Waals surface area contributed by atoms with Crippen LogP contribution in [0.25, 0.3) is 10.6 Å². The van der Waals surface area contributed by atoms with Crippen LogP contribution in [0, 0.1) is 6.92 Å². The molecule has 142 valence electrons. The molecule has 3 aromatic rings. The highest BCUT2D eigenvalue weighted by Gasteiger charge is 2.28. The number of nitrogens with zero attached hydrogens (tertiary/aromatic N) is 7. The number of thiazole rings is 1. The van der Waals surface area contributed by atoms with Crippen molar-refractivity contribution in [1.29, 1.82) is 0 Å². The number of hydrogen-bond donors (Lipinski definition) is 0. The lowest BCUT2D eigenvalue weighted by molar-refractivity contribution is 0.0547. The normalized spacial score (nSPS) is 16.6. The van der Waals surface area contributed by atoms with Gasteiger partial charge in [0, 0.05) is 50.4 Å². The molecule has 1 fully saturated rings. The minimum absolute atomic E-state index is 0.0256. The van der Waals surface area contributed by atoms with E-state index in [4.69, 9.17) is 4.52 Å². The topological polar surface area (TPSA) is 93.2 Å². The molecule has 1 saturated heterocycles. The maximum Gasteiger partial charge on any atom is 0.273 e. The molecule has 0 spiro atoms. The smallest absolute Gasteiger partial charge is 0.273 e. The summed E-state index contributed by atoms with van der Waals surface area (Å²) in [5.41, 5.74) is 1.42. The monoisotopic (exact) mass is 387 g/mol. The Morgan fingerprint density at radius 1 is 1.26 bits per heavy atom. The highest BCUT2D eigenvalue weighted by molar-refractivity contribution is 7.13. The largest absolute Gasteiger partial charge is 0.338 e. The van der Waals surface area contributed by atoms with E-state index < -0.39 is 0 Å². The first-order valence-corrected chi connectivity index (χ1v) is 9.67. The summed E-state index contributed by atoms with van der Waals surface area (Å²) in [7, 11) is 1.86. The first-order valence-electron chi connectivity index (χ1n) is 8.79. The van der Waals surface area contributed by atoms with Gasteiger partial charge in [0.05, 0.1) is 12.2 Å². The number of carbonyl (C=O) groups excluding carboxylic acids is 1. The zero-order chi connectivity index (χ0) is 19.0. The van der Waals surface area contributed by atoms with Crippen molar-refractivity contribution in [2.24, 2.45) is 7.05 Å². The van der Waals surface area contributed by atoms with E-state index in [0.29, 0.717) is 30.5 Å². The maximum absolute atomic E-state index is 12.8. The highest BCUT2D eigenvalue weighted by atomic mass is 32.1. The zero-order valence-corrected chi connectivity index (χ0v) is 16.3. The van der Waals surface area contributed by atoms with E-state index in [-0.39, 0.29) is 11.9 Å². The Labute approximate surface area is 160 Å². The summed E-state index contributed by atoms with van der Waals surface area (Å²) >= 11 is 1.46.